The number of ether oxygens (including phenoxy) is 8. The molecule has 1 aromatic heterocycles. The predicted molar refractivity (Wildman–Crippen MR) is 148 cm³/mol. The monoisotopic (exact) mass is 573 g/mol. The SMILES string of the molecule is COc1cc(C(=O)OC(CN2CCOCC2)Cn2ncc3c(OC)c(OC)c(OC)cc3c2=O)cc(OC)c1OC. The fraction of sp³-hybridized carbons (Fsp3) is 0.464. The third-order valence-corrected chi connectivity index (χ3v) is 6.78. The number of carbonyl (C=O) groups excluding carboxylic acids is 1. The van der Waals surface area contributed by atoms with Crippen LogP contribution in [0, 0.1) is 0 Å². The Kier molecular flexibility index (Phi) is 9.73. The Balaban J connectivity index is 1.69. The van der Waals surface area contributed by atoms with Gasteiger partial charge in [0.25, 0.3) is 5.56 Å². The van der Waals surface area contributed by atoms with E-state index in [1.807, 2.05) is 0 Å². The maximum absolute atomic E-state index is 13.6. The van der Waals surface area contributed by atoms with E-state index in [-0.39, 0.29) is 12.1 Å². The number of rotatable bonds is 12. The molecule has 1 atom stereocenters. The number of morpholine rings is 1. The Morgan fingerprint density at radius 2 is 1.39 bits per heavy atom. The molecule has 2 heterocycles. The summed E-state index contributed by atoms with van der Waals surface area (Å²) >= 11 is 0. The minimum atomic E-state index is -0.732. The van der Waals surface area contributed by atoms with Gasteiger partial charge >= 0.3 is 5.97 Å². The molecule has 1 unspecified atom stereocenters. The largest absolute Gasteiger partial charge is 0.493 e. The van der Waals surface area contributed by atoms with E-state index in [9.17, 15) is 9.59 Å². The van der Waals surface area contributed by atoms with Crippen molar-refractivity contribution >= 4 is 16.7 Å². The van der Waals surface area contributed by atoms with Gasteiger partial charge in [-0.05, 0) is 18.2 Å². The second kappa shape index (κ2) is 13.4. The molecule has 13 nitrogen and oxygen atoms in total. The molecular weight excluding hydrogens is 538 g/mol. The number of hydrogen-bond donors (Lipinski definition) is 0. The molecular formula is C28H35N3O10. The highest BCUT2D eigenvalue weighted by atomic mass is 16.6. The Morgan fingerprint density at radius 1 is 0.805 bits per heavy atom. The first-order chi connectivity index (χ1) is 19.9. The second-order valence-corrected chi connectivity index (χ2v) is 9.09. The topological polar surface area (TPSA) is 129 Å². The van der Waals surface area contributed by atoms with Gasteiger partial charge in [0.05, 0.1) is 85.0 Å². The van der Waals surface area contributed by atoms with E-state index < -0.39 is 17.6 Å². The number of methoxy groups -OCH3 is 6. The maximum Gasteiger partial charge on any atom is 0.338 e. The molecule has 0 spiro atoms. The van der Waals surface area contributed by atoms with Gasteiger partial charge in [0, 0.05) is 19.6 Å². The summed E-state index contributed by atoms with van der Waals surface area (Å²) in [6.45, 7) is 2.80. The van der Waals surface area contributed by atoms with Crippen LogP contribution in [-0.4, -0.2) is 102 Å². The van der Waals surface area contributed by atoms with E-state index in [0.29, 0.717) is 78.1 Å². The first kappa shape index (κ1) is 29.7. The van der Waals surface area contributed by atoms with Crippen molar-refractivity contribution in [2.45, 2.75) is 12.6 Å². The zero-order chi connectivity index (χ0) is 29.5. The molecule has 0 amide bonds. The summed E-state index contributed by atoms with van der Waals surface area (Å²) < 4.78 is 45.2. The second-order valence-electron chi connectivity index (χ2n) is 9.09. The summed E-state index contributed by atoms with van der Waals surface area (Å²) in [6.07, 6.45) is 0.786. The van der Waals surface area contributed by atoms with Crippen LogP contribution in [0.1, 0.15) is 10.4 Å². The van der Waals surface area contributed by atoms with E-state index in [2.05, 4.69) is 10.00 Å². The van der Waals surface area contributed by atoms with E-state index in [1.54, 1.807) is 6.07 Å². The van der Waals surface area contributed by atoms with E-state index in [0.717, 1.165) is 0 Å². The van der Waals surface area contributed by atoms with Gasteiger partial charge in [0.2, 0.25) is 11.5 Å². The lowest BCUT2D eigenvalue weighted by atomic mass is 10.1. The van der Waals surface area contributed by atoms with E-state index in [4.69, 9.17) is 37.9 Å². The van der Waals surface area contributed by atoms with Gasteiger partial charge in [0.1, 0.15) is 6.10 Å². The van der Waals surface area contributed by atoms with Crippen LogP contribution < -0.4 is 34.0 Å². The van der Waals surface area contributed by atoms with Gasteiger partial charge in [-0.25, -0.2) is 9.48 Å². The van der Waals surface area contributed by atoms with Crippen LogP contribution in [0.25, 0.3) is 10.8 Å². The minimum Gasteiger partial charge on any atom is -0.493 e. The molecule has 0 N–H and O–H groups in total. The number of hydrogen-bond acceptors (Lipinski definition) is 12. The number of carbonyl (C=O) groups is 1. The Bertz CT molecular complexity index is 1410. The molecule has 0 saturated carbocycles. The molecule has 13 heteroatoms. The lowest BCUT2D eigenvalue weighted by Crippen LogP contribution is -2.44. The smallest absolute Gasteiger partial charge is 0.338 e. The first-order valence-electron chi connectivity index (χ1n) is 12.9. The summed E-state index contributed by atoms with van der Waals surface area (Å²) in [7, 11) is 8.84. The zero-order valence-electron chi connectivity index (χ0n) is 24.1. The third-order valence-electron chi connectivity index (χ3n) is 6.78. The van der Waals surface area contributed by atoms with Crippen molar-refractivity contribution in [3.05, 3.63) is 40.3 Å². The number of benzene rings is 2. The van der Waals surface area contributed by atoms with Crippen molar-refractivity contribution in [2.75, 3.05) is 75.5 Å². The molecule has 1 saturated heterocycles. The van der Waals surface area contributed by atoms with Gasteiger partial charge in [-0.3, -0.25) is 9.69 Å². The molecule has 3 aromatic rings. The highest BCUT2D eigenvalue weighted by molar-refractivity contribution is 5.92. The summed E-state index contributed by atoms with van der Waals surface area (Å²) in [5.74, 6) is 1.38. The van der Waals surface area contributed by atoms with Crippen LogP contribution in [0.15, 0.2) is 29.2 Å². The average Bonchev–Trinajstić information content (AvgIpc) is 3.00. The molecule has 222 valence electrons. The Labute approximate surface area is 237 Å². The van der Waals surface area contributed by atoms with E-state index >= 15 is 0 Å². The van der Waals surface area contributed by atoms with Crippen LogP contribution in [0.2, 0.25) is 0 Å². The maximum atomic E-state index is 13.6. The Hall–Kier alpha value is -4.23. The van der Waals surface area contributed by atoms with Gasteiger partial charge < -0.3 is 37.9 Å². The van der Waals surface area contributed by atoms with Crippen molar-refractivity contribution in [1.82, 2.24) is 14.7 Å². The lowest BCUT2D eigenvalue weighted by molar-refractivity contribution is -0.00907. The van der Waals surface area contributed by atoms with Crippen LogP contribution in [0.5, 0.6) is 34.5 Å². The highest BCUT2D eigenvalue weighted by Crippen LogP contribution is 2.42. The van der Waals surface area contributed by atoms with Gasteiger partial charge in [-0.2, -0.15) is 5.10 Å². The summed E-state index contributed by atoms with van der Waals surface area (Å²) in [5.41, 5.74) is -0.204. The standard InChI is InChI=1S/C28H35N3O10/c1-34-21-11-17(12-22(35-2)25(21)38-5)28(33)41-18(15-30-7-9-40-10-8-30)16-31-27(32)19-13-23(36-3)26(39-6)24(37-4)20(19)14-29-31/h11-14,18H,7-10,15-16H2,1-6H3. The molecule has 0 radical (unpaired) electrons. The van der Waals surface area contributed by atoms with Crippen molar-refractivity contribution in [2.24, 2.45) is 0 Å². The zero-order valence-corrected chi connectivity index (χ0v) is 24.1. The average molecular weight is 574 g/mol. The van der Waals surface area contributed by atoms with Crippen LogP contribution in [0.3, 0.4) is 0 Å². The van der Waals surface area contributed by atoms with Crippen LogP contribution in [0.4, 0.5) is 0 Å². The highest BCUT2D eigenvalue weighted by Gasteiger charge is 2.26. The molecule has 2 aromatic carbocycles. The van der Waals surface area contributed by atoms with Crippen molar-refractivity contribution in [3.63, 3.8) is 0 Å². The van der Waals surface area contributed by atoms with Crippen molar-refractivity contribution in [1.29, 1.82) is 0 Å². The summed E-state index contributed by atoms with van der Waals surface area (Å²) in [4.78, 5) is 29.1. The lowest BCUT2D eigenvalue weighted by Gasteiger charge is -2.30. The number of aromatic nitrogens is 2. The van der Waals surface area contributed by atoms with Gasteiger partial charge in [-0.1, -0.05) is 0 Å². The van der Waals surface area contributed by atoms with Crippen LogP contribution in [-0.2, 0) is 16.0 Å². The molecule has 1 aliphatic rings. The molecule has 4 rings (SSSR count). The Morgan fingerprint density at radius 3 is 1.95 bits per heavy atom. The van der Waals surface area contributed by atoms with Crippen LogP contribution >= 0.6 is 0 Å². The summed E-state index contributed by atoms with van der Waals surface area (Å²) in [6, 6.07) is 4.61. The number of fused-ring (bicyclic) bond motifs is 1. The third kappa shape index (κ3) is 6.25. The predicted octanol–water partition coefficient (Wildman–Crippen LogP) is 2.01. The van der Waals surface area contributed by atoms with Crippen molar-refractivity contribution < 1.29 is 42.7 Å². The molecule has 1 aliphatic heterocycles. The van der Waals surface area contributed by atoms with Crippen molar-refractivity contribution in [3.8, 4) is 34.5 Å². The van der Waals surface area contributed by atoms with Gasteiger partial charge in [-0.15, -0.1) is 0 Å². The normalized spacial score (nSPS) is 14.3. The number of esters is 1. The fourth-order valence-corrected chi connectivity index (χ4v) is 4.75. The molecule has 0 aliphatic carbocycles. The fourth-order valence-electron chi connectivity index (χ4n) is 4.75. The molecule has 41 heavy (non-hydrogen) atoms. The molecule has 1 fully saturated rings. The number of nitrogens with zero attached hydrogens (tertiary/aromatic N) is 3. The van der Waals surface area contributed by atoms with Gasteiger partial charge in [0.15, 0.2) is 23.0 Å². The quantitative estimate of drug-likeness (QED) is 0.294. The summed E-state index contributed by atoms with van der Waals surface area (Å²) in [5, 5.41) is 5.15. The van der Waals surface area contributed by atoms with E-state index in [1.165, 1.54) is 65.7 Å². The minimum absolute atomic E-state index is 0.00104. The molecule has 0 bridgehead atoms. The first-order valence-corrected chi connectivity index (χ1v) is 12.9.